The maximum Gasteiger partial charge on any atom is 0.341 e. The van der Waals surface area contributed by atoms with Crippen molar-refractivity contribution in [3.8, 4) is 17.4 Å². The van der Waals surface area contributed by atoms with Gasteiger partial charge in [0.2, 0.25) is 0 Å². The van der Waals surface area contributed by atoms with Crippen LogP contribution in [0, 0.1) is 28.4 Å². The van der Waals surface area contributed by atoms with E-state index in [4.69, 9.17) is 9.15 Å². The minimum Gasteiger partial charge on any atom is -0.462 e. The number of anilines is 1. The van der Waals surface area contributed by atoms with Crippen LogP contribution in [0.3, 0.4) is 0 Å². The lowest BCUT2D eigenvalue weighted by Crippen LogP contribution is -2.16. The smallest absolute Gasteiger partial charge is 0.341 e. The van der Waals surface area contributed by atoms with Crippen LogP contribution in [0.5, 0.6) is 0 Å². The molecular formula is C26H23N3O6S. The first-order valence-corrected chi connectivity index (χ1v) is 12.2. The van der Waals surface area contributed by atoms with Gasteiger partial charge in [-0.3, -0.25) is 14.9 Å². The summed E-state index contributed by atoms with van der Waals surface area (Å²) in [4.78, 5) is 37.4. The van der Waals surface area contributed by atoms with Crippen molar-refractivity contribution in [3.05, 3.63) is 73.3 Å². The van der Waals surface area contributed by atoms with Gasteiger partial charge in [-0.1, -0.05) is 12.1 Å². The van der Waals surface area contributed by atoms with Gasteiger partial charge >= 0.3 is 5.97 Å². The average molecular weight is 506 g/mol. The van der Waals surface area contributed by atoms with Crippen molar-refractivity contribution in [2.24, 2.45) is 0 Å². The zero-order chi connectivity index (χ0) is 25.8. The summed E-state index contributed by atoms with van der Waals surface area (Å²) >= 11 is 1.34. The molecule has 1 aliphatic rings. The Morgan fingerprint density at radius 1 is 1.28 bits per heavy atom. The zero-order valence-electron chi connectivity index (χ0n) is 19.8. The Bertz CT molecular complexity index is 1430. The number of aryl methyl sites for hydroxylation is 2. The molecule has 0 unspecified atom stereocenters. The minimum atomic E-state index is -0.675. The standard InChI is InChI=1S/C26H23N3O6S/c1-3-34-26(31)23-19-6-4-5-7-22(19)36-25(23)28-24(30)17(14-27)12-18-10-11-21(35-18)16-9-8-15(2)20(13-16)29(32)33/h8-13H,3-7H2,1-2H3,(H,28,30)/b17-12+. The summed E-state index contributed by atoms with van der Waals surface area (Å²) in [5.41, 5.74) is 2.05. The van der Waals surface area contributed by atoms with Gasteiger partial charge in [0.25, 0.3) is 11.6 Å². The summed E-state index contributed by atoms with van der Waals surface area (Å²) in [5, 5.41) is 24.0. The molecule has 1 N–H and O–H groups in total. The van der Waals surface area contributed by atoms with Crippen molar-refractivity contribution in [1.82, 2.24) is 0 Å². The van der Waals surface area contributed by atoms with E-state index in [1.54, 1.807) is 38.1 Å². The van der Waals surface area contributed by atoms with Gasteiger partial charge in [-0.15, -0.1) is 11.3 Å². The minimum absolute atomic E-state index is 0.0332. The number of thiophene rings is 1. The van der Waals surface area contributed by atoms with Gasteiger partial charge in [0, 0.05) is 28.1 Å². The molecule has 2 heterocycles. The molecule has 3 aromatic rings. The normalized spacial score (nSPS) is 13.0. The van der Waals surface area contributed by atoms with Gasteiger partial charge in [-0.2, -0.15) is 5.26 Å². The summed E-state index contributed by atoms with van der Waals surface area (Å²) in [6.07, 6.45) is 4.83. The van der Waals surface area contributed by atoms with Gasteiger partial charge in [0.15, 0.2) is 0 Å². The molecule has 0 atom stereocenters. The predicted molar refractivity (Wildman–Crippen MR) is 135 cm³/mol. The molecule has 4 rings (SSSR count). The number of hydrogen-bond acceptors (Lipinski definition) is 8. The van der Waals surface area contributed by atoms with Crippen LogP contribution >= 0.6 is 11.3 Å². The molecular weight excluding hydrogens is 482 g/mol. The largest absolute Gasteiger partial charge is 0.462 e. The number of nitrogens with zero attached hydrogens (tertiary/aromatic N) is 2. The van der Waals surface area contributed by atoms with E-state index in [2.05, 4.69) is 5.32 Å². The first kappa shape index (κ1) is 24.9. The number of furan rings is 1. The van der Waals surface area contributed by atoms with E-state index < -0.39 is 16.8 Å². The molecule has 0 aliphatic heterocycles. The highest BCUT2D eigenvalue weighted by atomic mass is 32.1. The Morgan fingerprint density at radius 3 is 2.78 bits per heavy atom. The molecule has 0 spiro atoms. The third kappa shape index (κ3) is 5.06. The Hall–Kier alpha value is -4.23. The van der Waals surface area contributed by atoms with E-state index in [-0.39, 0.29) is 23.6 Å². The van der Waals surface area contributed by atoms with Crippen LogP contribution in [0.2, 0.25) is 0 Å². The van der Waals surface area contributed by atoms with Crippen LogP contribution in [0.25, 0.3) is 17.4 Å². The summed E-state index contributed by atoms with van der Waals surface area (Å²) in [5.74, 6) is -0.572. The van der Waals surface area contributed by atoms with Gasteiger partial charge in [-0.25, -0.2) is 4.79 Å². The number of amides is 1. The first-order valence-electron chi connectivity index (χ1n) is 11.4. The summed E-state index contributed by atoms with van der Waals surface area (Å²) < 4.78 is 10.9. The number of rotatable bonds is 7. The van der Waals surface area contributed by atoms with E-state index in [1.165, 1.54) is 23.5 Å². The van der Waals surface area contributed by atoms with E-state index in [9.17, 15) is 25.0 Å². The van der Waals surface area contributed by atoms with E-state index in [0.717, 1.165) is 36.1 Å². The van der Waals surface area contributed by atoms with Crippen molar-refractivity contribution in [2.45, 2.75) is 39.5 Å². The lowest BCUT2D eigenvalue weighted by molar-refractivity contribution is -0.385. The predicted octanol–water partition coefficient (Wildman–Crippen LogP) is 5.83. The van der Waals surface area contributed by atoms with Crippen molar-refractivity contribution in [3.63, 3.8) is 0 Å². The SMILES string of the molecule is CCOC(=O)c1c(NC(=O)/C(C#N)=C/c2ccc(-c3ccc(C)c([N+](=O)[O-])c3)o2)sc2c1CCCC2. The monoisotopic (exact) mass is 505 g/mol. The lowest BCUT2D eigenvalue weighted by atomic mass is 9.95. The lowest BCUT2D eigenvalue weighted by Gasteiger charge is -2.12. The molecule has 0 bridgehead atoms. The summed E-state index contributed by atoms with van der Waals surface area (Å²) in [6.45, 7) is 3.58. The quantitative estimate of drug-likeness (QED) is 0.140. The Labute approximate surface area is 211 Å². The molecule has 1 amide bonds. The van der Waals surface area contributed by atoms with Crippen molar-refractivity contribution in [2.75, 3.05) is 11.9 Å². The number of fused-ring (bicyclic) bond motifs is 1. The van der Waals surface area contributed by atoms with Crippen LogP contribution in [0.15, 0.2) is 40.3 Å². The third-order valence-corrected chi connectivity index (χ3v) is 7.05. The Morgan fingerprint density at radius 2 is 2.06 bits per heavy atom. The highest BCUT2D eigenvalue weighted by molar-refractivity contribution is 7.17. The molecule has 36 heavy (non-hydrogen) atoms. The number of carbonyl (C=O) groups is 2. The highest BCUT2D eigenvalue weighted by Gasteiger charge is 2.28. The van der Waals surface area contributed by atoms with Gasteiger partial charge in [0.1, 0.15) is 28.2 Å². The Balaban J connectivity index is 1.60. The first-order chi connectivity index (χ1) is 17.3. The fraction of sp³-hybridized carbons (Fsp3) is 0.269. The summed E-state index contributed by atoms with van der Waals surface area (Å²) in [6, 6.07) is 9.79. The van der Waals surface area contributed by atoms with Gasteiger partial charge in [0.05, 0.1) is 17.1 Å². The molecule has 0 saturated heterocycles. The van der Waals surface area contributed by atoms with E-state index >= 15 is 0 Å². The fourth-order valence-corrected chi connectivity index (χ4v) is 5.35. The number of hydrogen-bond donors (Lipinski definition) is 1. The van der Waals surface area contributed by atoms with Gasteiger partial charge < -0.3 is 14.5 Å². The van der Waals surface area contributed by atoms with E-state index in [1.807, 2.05) is 6.07 Å². The van der Waals surface area contributed by atoms with Crippen LogP contribution in [-0.2, 0) is 22.4 Å². The number of nitriles is 1. The topological polar surface area (TPSA) is 135 Å². The Kier molecular flexibility index (Phi) is 7.31. The molecule has 10 heteroatoms. The fourth-order valence-electron chi connectivity index (χ4n) is 4.08. The number of ether oxygens (including phenoxy) is 1. The zero-order valence-corrected chi connectivity index (χ0v) is 20.6. The molecule has 0 radical (unpaired) electrons. The highest BCUT2D eigenvalue weighted by Crippen LogP contribution is 2.39. The second-order valence-electron chi connectivity index (χ2n) is 8.22. The second kappa shape index (κ2) is 10.6. The van der Waals surface area contributed by atoms with Crippen molar-refractivity contribution in [1.29, 1.82) is 5.26 Å². The third-order valence-electron chi connectivity index (χ3n) is 5.85. The number of nitro benzene ring substituents is 1. The molecule has 1 aliphatic carbocycles. The van der Waals surface area contributed by atoms with Crippen molar-refractivity contribution >= 4 is 40.0 Å². The molecule has 0 fully saturated rings. The molecule has 184 valence electrons. The summed E-state index contributed by atoms with van der Waals surface area (Å²) in [7, 11) is 0. The molecule has 1 aromatic carbocycles. The van der Waals surface area contributed by atoms with Crippen LogP contribution < -0.4 is 5.32 Å². The van der Waals surface area contributed by atoms with Crippen LogP contribution in [0.1, 0.15) is 51.9 Å². The number of nitro groups is 1. The molecule has 2 aromatic heterocycles. The average Bonchev–Trinajstić information content (AvgIpc) is 3.47. The van der Waals surface area contributed by atoms with Crippen LogP contribution in [-0.4, -0.2) is 23.4 Å². The van der Waals surface area contributed by atoms with Crippen molar-refractivity contribution < 1.29 is 23.7 Å². The molecule has 0 saturated carbocycles. The number of carbonyl (C=O) groups excluding carboxylic acids is 2. The van der Waals surface area contributed by atoms with E-state index in [0.29, 0.717) is 27.5 Å². The van der Waals surface area contributed by atoms with Gasteiger partial charge in [-0.05, 0) is 57.2 Å². The number of esters is 1. The number of benzene rings is 1. The second-order valence-corrected chi connectivity index (χ2v) is 9.32. The maximum absolute atomic E-state index is 13.0. The maximum atomic E-state index is 13.0. The van der Waals surface area contributed by atoms with Crippen LogP contribution in [0.4, 0.5) is 10.7 Å². The number of nitrogens with one attached hydrogen (secondary N) is 1. The molecule has 9 nitrogen and oxygen atoms in total.